The van der Waals surface area contributed by atoms with Gasteiger partial charge in [-0.3, -0.25) is 0 Å². The fourth-order valence-corrected chi connectivity index (χ4v) is 0.241. The van der Waals surface area contributed by atoms with Crippen LogP contribution in [0.1, 0.15) is 6.42 Å². The van der Waals surface area contributed by atoms with E-state index in [1.165, 1.54) is 0 Å². The van der Waals surface area contributed by atoms with Gasteiger partial charge in [-0.25, -0.2) is 0 Å². The van der Waals surface area contributed by atoms with Gasteiger partial charge in [0.05, 0.1) is 12.1 Å². The van der Waals surface area contributed by atoms with Crippen LogP contribution in [0.2, 0.25) is 0 Å². The number of carboxylic acid groups (broad SMARTS) is 2. The summed E-state index contributed by atoms with van der Waals surface area (Å²) < 4.78 is 0. The van der Waals surface area contributed by atoms with Crippen molar-refractivity contribution in [3.8, 4) is 0 Å². The summed E-state index contributed by atoms with van der Waals surface area (Å²) in [4.78, 5) is 19.1. The molecule has 60 valence electrons. The largest absolute Gasteiger partial charge is 1.00 e. The Bertz CT molecular complexity index is 141. The summed E-state index contributed by atoms with van der Waals surface area (Å²) in [6.07, 6.45) is -2.89. The first kappa shape index (κ1) is 23.3. The zero-order valence-corrected chi connectivity index (χ0v) is 11.8. The molecule has 0 radical (unpaired) electrons. The van der Waals surface area contributed by atoms with Gasteiger partial charge >= 0.3 is 59.1 Å². The first-order chi connectivity index (χ1) is 4.04. The Kier molecular flexibility index (Phi) is 24.1. The molecule has 0 aliphatic rings. The maximum absolute atomic E-state index is 9.58. The Balaban J connectivity index is -0.000000107. The van der Waals surface area contributed by atoms with E-state index in [2.05, 4.69) is 0 Å². The molecule has 1 atom stereocenters. The Morgan fingerprint density at radius 2 is 1.58 bits per heavy atom. The maximum Gasteiger partial charge on any atom is 1.00 e. The van der Waals surface area contributed by atoms with E-state index in [1.54, 1.807) is 0 Å². The Morgan fingerprint density at radius 1 is 1.25 bits per heavy atom. The molecule has 1 unspecified atom stereocenters. The van der Waals surface area contributed by atoms with Crippen molar-refractivity contribution in [1.82, 2.24) is 0 Å². The van der Waals surface area contributed by atoms with E-state index in [-0.39, 0.29) is 76.2 Å². The third-order valence-electron chi connectivity index (χ3n) is 0.632. The average molecular weight is 234 g/mol. The normalized spacial score (nSPS) is 9.42. The van der Waals surface area contributed by atoms with E-state index in [0.29, 0.717) is 0 Å². The van der Waals surface area contributed by atoms with E-state index in [0.717, 1.165) is 0 Å². The molecule has 0 aliphatic carbocycles. The second-order valence-electron chi connectivity index (χ2n) is 1.41. The van der Waals surface area contributed by atoms with Crippen molar-refractivity contribution in [1.29, 1.82) is 0 Å². The number of rotatable bonds is 3. The SMILES string of the molecule is O=C([O-])CC(O)C(=O)[O-].[Fe].[Na+].[Na+]. The van der Waals surface area contributed by atoms with Crippen molar-refractivity contribution >= 4 is 11.9 Å². The summed E-state index contributed by atoms with van der Waals surface area (Å²) in [7, 11) is 0. The first-order valence-electron chi connectivity index (χ1n) is 2.13. The summed E-state index contributed by atoms with van der Waals surface area (Å²) in [5.74, 6) is -3.43. The summed E-state index contributed by atoms with van der Waals surface area (Å²) in [5.41, 5.74) is 0. The molecule has 0 heterocycles. The van der Waals surface area contributed by atoms with Gasteiger partial charge in [-0.15, -0.1) is 0 Å². The van der Waals surface area contributed by atoms with Gasteiger partial charge < -0.3 is 24.9 Å². The number of carbonyl (C=O) groups excluding carboxylic acids is 2. The topological polar surface area (TPSA) is 100 Å². The molecule has 0 saturated carbocycles. The Labute approximate surface area is 124 Å². The van der Waals surface area contributed by atoms with Gasteiger partial charge in [-0.1, -0.05) is 0 Å². The van der Waals surface area contributed by atoms with E-state index in [9.17, 15) is 19.8 Å². The van der Waals surface area contributed by atoms with Gasteiger partial charge in [0, 0.05) is 29.5 Å². The maximum atomic E-state index is 9.58. The predicted molar refractivity (Wildman–Crippen MR) is 20.6 cm³/mol. The molecule has 0 amide bonds. The minimum absolute atomic E-state index is 0. The third kappa shape index (κ3) is 14.0. The van der Waals surface area contributed by atoms with E-state index in [1.807, 2.05) is 0 Å². The molecule has 1 N–H and O–H groups in total. The molecule has 0 bridgehead atoms. The van der Waals surface area contributed by atoms with Crippen molar-refractivity contribution in [2.24, 2.45) is 0 Å². The van der Waals surface area contributed by atoms with Gasteiger partial charge in [0.2, 0.25) is 0 Å². The molecule has 0 aromatic rings. The fraction of sp³-hybridized carbons (Fsp3) is 0.500. The summed E-state index contributed by atoms with van der Waals surface area (Å²) in [6, 6.07) is 0. The van der Waals surface area contributed by atoms with Gasteiger partial charge in [-0.2, -0.15) is 0 Å². The zero-order chi connectivity index (χ0) is 7.44. The second kappa shape index (κ2) is 12.4. The Hall–Kier alpha value is 1.42. The standard InChI is InChI=1S/C4H6O5.Fe.2Na/c5-2(4(8)9)1-3(6)7;;;/h2,5H,1H2,(H,6,7)(H,8,9);;;/q;;2*+1/p-2. The number of hydrogen-bond donors (Lipinski definition) is 1. The average Bonchev–Trinajstić information content (AvgIpc) is 1.63. The number of carboxylic acids is 2. The molecule has 8 heteroatoms. The molecule has 0 aromatic heterocycles. The van der Waals surface area contributed by atoms with Crippen LogP contribution in [0.4, 0.5) is 0 Å². The molecule has 0 rings (SSSR count). The van der Waals surface area contributed by atoms with Crippen molar-refractivity contribution in [3.63, 3.8) is 0 Å². The van der Waals surface area contributed by atoms with Gasteiger partial charge in [-0.05, 0) is 0 Å². The predicted octanol–water partition coefficient (Wildman–Crippen LogP) is -9.76. The van der Waals surface area contributed by atoms with Crippen LogP contribution in [-0.4, -0.2) is 23.1 Å². The zero-order valence-electron chi connectivity index (χ0n) is 6.72. The molecule has 12 heavy (non-hydrogen) atoms. The van der Waals surface area contributed by atoms with Gasteiger partial charge in [0.25, 0.3) is 0 Å². The van der Waals surface area contributed by atoms with Gasteiger partial charge in [0.15, 0.2) is 0 Å². The summed E-state index contributed by atoms with van der Waals surface area (Å²) >= 11 is 0. The van der Waals surface area contributed by atoms with Crippen LogP contribution < -0.4 is 69.3 Å². The molecular formula is C4H4FeNa2O5. The van der Waals surface area contributed by atoms with Crippen LogP contribution in [-0.2, 0) is 26.7 Å². The van der Waals surface area contributed by atoms with Crippen LogP contribution in [0, 0.1) is 0 Å². The Morgan fingerprint density at radius 3 is 1.67 bits per heavy atom. The summed E-state index contributed by atoms with van der Waals surface area (Å²) in [5, 5.41) is 27.3. The fourth-order valence-electron chi connectivity index (χ4n) is 0.241. The number of hydrogen-bond acceptors (Lipinski definition) is 5. The number of aliphatic hydroxyl groups is 1. The molecular weight excluding hydrogens is 230 g/mol. The second-order valence-corrected chi connectivity index (χ2v) is 1.41. The molecule has 0 fully saturated rings. The van der Waals surface area contributed by atoms with Crippen molar-refractivity contribution in [2.45, 2.75) is 12.5 Å². The van der Waals surface area contributed by atoms with Gasteiger partial charge in [0.1, 0.15) is 0 Å². The van der Waals surface area contributed by atoms with Crippen molar-refractivity contribution < 1.29 is 101 Å². The molecule has 0 spiro atoms. The quantitative estimate of drug-likeness (QED) is 0.488. The van der Waals surface area contributed by atoms with Crippen LogP contribution in [0.15, 0.2) is 0 Å². The van der Waals surface area contributed by atoms with E-state index in [4.69, 9.17) is 5.11 Å². The molecule has 5 nitrogen and oxygen atoms in total. The minimum atomic E-state index is -1.96. The van der Waals surface area contributed by atoms with E-state index < -0.39 is 24.5 Å². The number of aliphatic hydroxyl groups excluding tert-OH is 1. The van der Waals surface area contributed by atoms with Crippen LogP contribution in [0.3, 0.4) is 0 Å². The van der Waals surface area contributed by atoms with Crippen molar-refractivity contribution in [3.05, 3.63) is 0 Å². The summed E-state index contributed by atoms with van der Waals surface area (Å²) in [6.45, 7) is 0. The molecule has 0 saturated heterocycles. The molecule has 0 aliphatic heterocycles. The van der Waals surface area contributed by atoms with Crippen molar-refractivity contribution in [2.75, 3.05) is 0 Å². The number of carbonyl (C=O) groups is 2. The van der Waals surface area contributed by atoms with Crippen LogP contribution in [0.5, 0.6) is 0 Å². The first-order valence-corrected chi connectivity index (χ1v) is 2.13. The smallest absolute Gasteiger partial charge is 0.550 e. The van der Waals surface area contributed by atoms with Crippen LogP contribution >= 0.6 is 0 Å². The monoisotopic (exact) mass is 234 g/mol. The molecule has 0 aromatic carbocycles. The third-order valence-corrected chi connectivity index (χ3v) is 0.632. The van der Waals surface area contributed by atoms with Crippen LogP contribution in [0.25, 0.3) is 0 Å². The van der Waals surface area contributed by atoms with E-state index >= 15 is 0 Å². The number of aliphatic carboxylic acids is 2. The minimum Gasteiger partial charge on any atom is -0.550 e.